The lowest BCUT2D eigenvalue weighted by atomic mass is 10.1. The first-order valence-corrected chi connectivity index (χ1v) is 9.85. The summed E-state index contributed by atoms with van der Waals surface area (Å²) in [7, 11) is -2.55. The molecule has 1 amide bonds. The molecule has 0 aliphatic carbocycles. The largest absolute Gasteiger partial charge is 0.467 e. The molecule has 8 nitrogen and oxygen atoms in total. The normalized spacial score (nSPS) is 16.7. The predicted octanol–water partition coefficient (Wildman–Crippen LogP) is 0.433. The molecule has 0 saturated carbocycles. The van der Waals surface area contributed by atoms with E-state index in [-0.39, 0.29) is 10.5 Å². The van der Waals surface area contributed by atoms with Crippen molar-refractivity contribution in [2.45, 2.75) is 37.1 Å². The molecule has 0 unspecified atom stereocenters. The lowest BCUT2D eigenvalue weighted by Gasteiger charge is -2.26. The van der Waals surface area contributed by atoms with Crippen molar-refractivity contribution in [3.8, 4) is 0 Å². The maximum absolute atomic E-state index is 12.9. The summed E-state index contributed by atoms with van der Waals surface area (Å²) >= 11 is 0. The number of hydrogen-bond acceptors (Lipinski definition) is 6. The molecule has 1 heterocycles. The van der Waals surface area contributed by atoms with Crippen LogP contribution in [-0.2, 0) is 19.6 Å². The summed E-state index contributed by atoms with van der Waals surface area (Å²) in [6.07, 6.45) is 2.63. The van der Waals surface area contributed by atoms with E-state index in [4.69, 9.17) is 0 Å². The van der Waals surface area contributed by atoms with E-state index in [0.29, 0.717) is 18.7 Å². The second-order valence-corrected chi connectivity index (χ2v) is 8.08. The zero-order valence-corrected chi connectivity index (χ0v) is 15.7. The zero-order chi connectivity index (χ0) is 19.3. The van der Waals surface area contributed by atoms with Crippen LogP contribution in [0.2, 0.25) is 0 Å². The second-order valence-electron chi connectivity index (χ2n) is 6.18. The number of benzene rings is 1. The first-order valence-electron chi connectivity index (χ1n) is 8.41. The average molecular weight is 384 g/mol. The number of nitrogens with one attached hydrogen (secondary N) is 1. The van der Waals surface area contributed by atoms with Crippen LogP contribution in [0.4, 0.5) is 0 Å². The van der Waals surface area contributed by atoms with Gasteiger partial charge in [-0.25, -0.2) is 13.2 Å². The number of amides is 1. The number of hydrogen-bond donors (Lipinski definition) is 2. The van der Waals surface area contributed by atoms with E-state index in [9.17, 15) is 23.1 Å². The summed E-state index contributed by atoms with van der Waals surface area (Å²) in [6.45, 7) is 1.98. The number of piperidine rings is 1. The van der Waals surface area contributed by atoms with Gasteiger partial charge in [-0.05, 0) is 37.5 Å². The molecule has 1 saturated heterocycles. The van der Waals surface area contributed by atoms with Crippen LogP contribution in [0, 0.1) is 6.92 Å². The fourth-order valence-corrected chi connectivity index (χ4v) is 4.59. The molecule has 0 spiro atoms. The minimum absolute atomic E-state index is 0.0747. The molecule has 144 valence electrons. The van der Waals surface area contributed by atoms with Gasteiger partial charge < -0.3 is 15.2 Å². The molecule has 26 heavy (non-hydrogen) atoms. The number of ether oxygens (including phenoxy) is 1. The Morgan fingerprint density at radius 1 is 1.27 bits per heavy atom. The minimum Gasteiger partial charge on any atom is -0.467 e. The van der Waals surface area contributed by atoms with Gasteiger partial charge in [0, 0.05) is 18.7 Å². The van der Waals surface area contributed by atoms with Crippen molar-refractivity contribution < 1.29 is 27.9 Å². The molecule has 2 N–H and O–H groups in total. The van der Waals surface area contributed by atoms with Crippen LogP contribution in [-0.4, -0.2) is 62.6 Å². The van der Waals surface area contributed by atoms with Gasteiger partial charge in [-0.15, -0.1) is 0 Å². The molecular formula is C17H24N2O6S. The Kier molecular flexibility index (Phi) is 6.74. The van der Waals surface area contributed by atoms with E-state index >= 15 is 0 Å². The maximum Gasteiger partial charge on any atom is 0.330 e. The van der Waals surface area contributed by atoms with Gasteiger partial charge in [0.15, 0.2) is 6.04 Å². The maximum atomic E-state index is 12.9. The Hall–Kier alpha value is -1.97. The predicted molar refractivity (Wildman–Crippen MR) is 94.1 cm³/mol. The van der Waals surface area contributed by atoms with Crippen molar-refractivity contribution in [1.29, 1.82) is 0 Å². The number of carbonyl (C=O) groups excluding carboxylic acids is 2. The number of aliphatic hydroxyl groups excluding tert-OH is 1. The summed E-state index contributed by atoms with van der Waals surface area (Å²) in [4.78, 5) is 23.9. The Balaban J connectivity index is 2.28. The molecule has 0 bridgehead atoms. The van der Waals surface area contributed by atoms with Crippen LogP contribution in [0.15, 0.2) is 23.1 Å². The lowest BCUT2D eigenvalue weighted by Crippen LogP contribution is -2.44. The number of carbonyl (C=O) groups is 2. The highest BCUT2D eigenvalue weighted by Gasteiger charge is 2.28. The Morgan fingerprint density at radius 2 is 1.92 bits per heavy atom. The SMILES string of the molecule is COC(=O)[C@@H](CO)NC(=O)c1ccc(C)c(S(=O)(=O)N2CCCCC2)c1. The van der Waals surface area contributed by atoms with E-state index in [1.165, 1.54) is 16.4 Å². The van der Waals surface area contributed by atoms with Gasteiger partial charge in [-0.3, -0.25) is 4.79 Å². The molecule has 1 fully saturated rings. The molecule has 9 heteroatoms. The van der Waals surface area contributed by atoms with Gasteiger partial charge >= 0.3 is 5.97 Å². The van der Waals surface area contributed by atoms with Crippen molar-refractivity contribution in [3.05, 3.63) is 29.3 Å². The molecule has 1 aliphatic heterocycles. The third kappa shape index (κ3) is 4.40. The van der Waals surface area contributed by atoms with Crippen LogP contribution in [0.25, 0.3) is 0 Å². The van der Waals surface area contributed by atoms with Crippen LogP contribution in [0.1, 0.15) is 35.2 Å². The topological polar surface area (TPSA) is 113 Å². The number of esters is 1. The third-order valence-electron chi connectivity index (χ3n) is 4.36. The number of methoxy groups -OCH3 is 1. The van der Waals surface area contributed by atoms with Crippen molar-refractivity contribution in [3.63, 3.8) is 0 Å². The number of nitrogens with zero attached hydrogens (tertiary/aromatic N) is 1. The van der Waals surface area contributed by atoms with Crippen molar-refractivity contribution in [2.24, 2.45) is 0 Å². The monoisotopic (exact) mass is 384 g/mol. The van der Waals surface area contributed by atoms with Gasteiger partial charge in [-0.1, -0.05) is 12.5 Å². The zero-order valence-electron chi connectivity index (χ0n) is 14.9. The van der Waals surface area contributed by atoms with E-state index < -0.39 is 34.5 Å². The quantitative estimate of drug-likeness (QED) is 0.688. The Labute approximate surface area is 153 Å². The van der Waals surface area contributed by atoms with Crippen LogP contribution < -0.4 is 5.32 Å². The highest BCUT2D eigenvalue weighted by molar-refractivity contribution is 7.89. The molecule has 1 atom stereocenters. The summed E-state index contributed by atoms with van der Waals surface area (Å²) in [5, 5.41) is 11.5. The highest BCUT2D eigenvalue weighted by Crippen LogP contribution is 2.24. The van der Waals surface area contributed by atoms with E-state index in [1.807, 2.05) is 0 Å². The van der Waals surface area contributed by atoms with Gasteiger partial charge in [0.1, 0.15) is 0 Å². The van der Waals surface area contributed by atoms with E-state index in [1.54, 1.807) is 13.0 Å². The van der Waals surface area contributed by atoms with Crippen molar-refractivity contribution in [1.82, 2.24) is 9.62 Å². The Bertz CT molecular complexity index is 771. The fraction of sp³-hybridized carbons (Fsp3) is 0.529. The summed E-state index contributed by atoms with van der Waals surface area (Å²) < 4.78 is 31.7. The minimum atomic E-state index is -3.69. The number of aliphatic hydroxyl groups is 1. The van der Waals surface area contributed by atoms with Gasteiger partial charge in [0.05, 0.1) is 18.6 Å². The van der Waals surface area contributed by atoms with Gasteiger partial charge in [-0.2, -0.15) is 4.31 Å². The molecule has 0 radical (unpaired) electrons. The third-order valence-corrected chi connectivity index (χ3v) is 6.40. The van der Waals surface area contributed by atoms with Crippen molar-refractivity contribution >= 4 is 21.9 Å². The summed E-state index contributed by atoms with van der Waals surface area (Å²) in [5.74, 6) is -1.45. The van der Waals surface area contributed by atoms with Gasteiger partial charge in [0.2, 0.25) is 10.0 Å². The van der Waals surface area contributed by atoms with Crippen LogP contribution >= 0.6 is 0 Å². The fourth-order valence-electron chi connectivity index (χ4n) is 2.83. The van der Waals surface area contributed by atoms with Crippen LogP contribution in [0.3, 0.4) is 0 Å². The smallest absolute Gasteiger partial charge is 0.330 e. The van der Waals surface area contributed by atoms with E-state index in [2.05, 4.69) is 10.1 Å². The molecule has 1 aliphatic rings. The number of rotatable bonds is 6. The van der Waals surface area contributed by atoms with Crippen molar-refractivity contribution in [2.75, 3.05) is 26.8 Å². The summed E-state index contributed by atoms with van der Waals surface area (Å²) in [5.41, 5.74) is 0.632. The lowest BCUT2D eigenvalue weighted by molar-refractivity contribution is -0.143. The molecule has 2 rings (SSSR count). The highest BCUT2D eigenvalue weighted by atomic mass is 32.2. The Morgan fingerprint density at radius 3 is 2.50 bits per heavy atom. The van der Waals surface area contributed by atoms with Gasteiger partial charge in [0.25, 0.3) is 5.91 Å². The number of sulfonamides is 1. The van der Waals surface area contributed by atoms with Crippen LogP contribution in [0.5, 0.6) is 0 Å². The molecular weight excluding hydrogens is 360 g/mol. The molecule has 1 aromatic rings. The van der Waals surface area contributed by atoms with E-state index in [0.717, 1.165) is 26.4 Å². The standard InChI is InChI=1S/C17H24N2O6S/c1-12-6-7-13(16(21)18-14(11-20)17(22)25-2)10-15(12)26(23,24)19-8-4-3-5-9-19/h6-7,10,14,20H,3-5,8-9,11H2,1-2H3,(H,18,21)/t14-/m1/s1. The first-order chi connectivity index (χ1) is 12.3. The average Bonchev–Trinajstić information content (AvgIpc) is 2.66. The molecule has 0 aromatic heterocycles. The first kappa shape index (κ1) is 20.3. The number of aryl methyl sites for hydroxylation is 1. The second kappa shape index (κ2) is 8.61. The summed E-state index contributed by atoms with van der Waals surface area (Å²) in [6, 6.07) is 3.12. The molecule has 1 aromatic carbocycles.